The molecule has 1 aromatic carbocycles. The molecule has 0 saturated heterocycles. The Morgan fingerprint density at radius 1 is 1.24 bits per heavy atom. The SMILES string of the molecule is O=C(CN1CCc2nc(NC(=O)c3ccsc3)sc2C1)NCc1ccccc1Cl. The van der Waals surface area contributed by atoms with Gasteiger partial charge in [0, 0.05) is 41.3 Å². The summed E-state index contributed by atoms with van der Waals surface area (Å²) in [6, 6.07) is 9.27. The minimum absolute atomic E-state index is 0.0381. The number of hydrogen-bond donors (Lipinski definition) is 2. The van der Waals surface area contributed by atoms with Gasteiger partial charge in [-0.05, 0) is 23.1 Å². The normalized spacial score (nSPS) is 13.7. The molecule has 150 valence electrons. The molecular weight excluding hydrogens is 428 g/mol. The number of thiophene rings is 1. The second-order valence-electron chi connectivity index (χ2n) is 6.68. The van der Waals surface area contributed by atoms with E-state index in [2.05, 4.69) is 20.5 Å². The quantitative estimate of drug-likeness (QED) is 0.604. The molecule has 0 aliphatic carbocycles. The molecule has 29 heavy (non-hydrogen) atoms. The second kappa shape index (κ2) is 9.04. The van der Waals surface area contributed by atoms with Crippen LogP contribution in [0.4, 0.5) is 5.13 Å². The molecule has 2 aromatic heterocycles. The molecule has 3 heterocycles. The van der Waals surface area contributed by atoms with Gasteiger partial charge >= 0.3 is 0 Å². The maximum atomic E-state index is 12.3. The molecule has 0 spiro atoms. The lowest BCUT2D eigenvalue weighted by atomic mass is 10.2. The monoisotopic (exact) mass is 446 g/mol. The predicted octanol–water partition coefficient (Wildman–Crippen LogP) is 3.78. The number of benzene rings is 1. The van der Waals surface area contributed by atoms with Gasteiger partial charge in [0.25, 0.3) is 5.91 Å². The zero-order chi connectivity index (χ0) is 20.2. The summed E-state index contributed by atoms with van der Waals surface area (Å²) in [4.78, 5) is 32.3. The van der Waals surface area contributed by atoms with Crippen molar-refractivity contribution in [3.63, 3.8) is 0 Å². The van der Waals surface area contributed by atoms with Crippen molar-refractivity contribution in [3.8, 4) is 0 Å². The molecule has 0 bridgehead atoms. The topological polar surface area (TPSA) is 74.3 Å². The lowest BCUT2D eigenvalue weighted by Crippen LogP contribution is -2.39. The molecule has 6 nitrogen and oxygen atoms in total. The Hall–Kier alpha value is -2.26. The van der Waals surface area contributed by atoms with Crippen LogP contribution in [0.25, 0.3) is 0 Å². The van der Waals surface area contributed by atoms with Crippen LogP contribution >= 0.6 is 34.3 Å². The molecule has 1 aliphatic rings. The average molecular weight is 447 g/mol. The van der Waals surface area contributed by atoms with Crippen molar-refractivity contribution in [2.45, 2.75) is 19.5 Å². The van der Waals surface area contributed by atoms with E-state index in [9.17, 15) is 9.59 Å². The molecule has 2 amide bonds. The highest BCUT2D eigenvalue weighted by molar-refractivity contribution is 7.16. The van der Waals surface area contributed by atoms with Crippen LogP contribution in [0.1, 0.15) is 26.5 Å². The van der Waals surface area contributed by atoms with E-state index >= 15 is 0 Å². The van der Waals surface area contributed by atoms with Gasteiger partial charge in [0.05, 0.1) is 17.8 Å². The van der Waals surface area contributed by atoms with Crippen molar-refractivity contribution in [1.29, 1.82) is 0 Å². The van der Waals surface area contributed by atoms with E-state index in [1.54, 1.807) is 6.07 Å². The Labute approximate surface area is 181 Å². The summed E-state index contributed by atoms with van der Waals surface area (Å²) < 4.78 is 0. The molecule has 0 fully saturated rings. The van der Waals surface area contributed by atoms with E-state index in [1.165, 1.54) is 22.7 Å². The minimum atomic E-state index is -0.145. The van der Waals surface area contributed by atoms with Crippen LogP contribution in [0.5, 0.6) is 0 Å². The van der Waals surface area contributed by atoms with Gasteiger partial charge in [-0.25, -0.2) is 4.98 Å². The van der Waals surface area contributed by atoms with E-state index in [1.807, 2.05) is 35.0 Å². The number of amides is 2. The van der Waals surface area contributed by atoms with Crippen LogP contribution in [0.3, 0.4) is 0 Å². The Bertz CT molecular complexity index is 1020. The molecule has 0 saturated carbocycles. The van der Waals surface area contributed by atoms with Crippen molar-refractivity contribution in [3.05, 3.63) is 67.8 Å². The number of aromatic nitrogens is 1. The second-order valence-corrected chi connectivity index (χ2v) is 8.95. The fraction of sp³-hybridized carbons (Fsp3) is 0.250. The number of nitrogens with zero attached hydrogens (tertiary/aromatic N) is 2. The summed E-state index contributed by atoms with van der Waals surface area (Å²) in [7, 11) is 0. The van der Waals surface area contributed by atoms with E-state index < -0.39 is 0 Å². The van der Waals surface area contributed by atoms with Crippen LogP contribution in [0.2, 0.25) is 5.02 Å². The number of hydrogen-bond acceptors (Lipinski definition) is 6. The Morgan fingerprint density at radius 3 is 2.90 bits per heavy atom. The van der Waals surface area contributed by atoms with Gasteiger partial charge in [-0.15, -0.1) is 11.3 Å². The number of carbonyl (C=O) groups excluding carboxylic acids is 2. The third kappa shape index (κ3) is 5.02. The standard InChI is InChI=1S/C20H19ClN4O2S2/c21-15-4-2-1-3-13(15)9-22-18(26)11-25-7-5-16-17(10-25)29-20(23-16)24-19(27)14-6-8-28-12-14/h1-4,6,8,12H,5,7,9-11H2,(H,22,26)(H,23,24,27). The van der Waals surface area contributed by atoms with Crippen molar-refractivity contribution in [1.82, 2.24) is 15.2 Å². The van der Waals surface area contributed by atoms with Crippen LogP contribution in [0.15, 0.2) is 41.1 Å². The van der Waals surface area contributed by atoms with Gasteiger partial charge in [-0.1, -0.05) is 29.8 Å². The number of nitrogens with one attached hydrogen (secondary N) is 2. The number of anilines is 1. The van der Waals surface area contributed by atoms with Gasteiger partial charge in [0.2, 0.25) is 5.91 Å². The highest BCUT2D eigenvalue weighted by Crippen LogP contribution is 2.28. The first-order valence-electron chi connectivity index (χ1n) is 9.13. The molecule has 3 aromatic rings. The summed E-state index contributed by atoms with van der Waals surface area (Å²) in [5.41, 5.74) is 2.54. The van der Waals surface area contributed by atoms with Crippen molar-refractivity contribution in [2.24, 2.45) is 0 Å². The maximum Gasteiger partial charge on any atom is 0.258 e. The zero-order valence-electron chi connectivity index (χ0n) is 15.5. The summed E-state index contributed by atoms with van der Waals surface area (Å²) in [6.07, 6.45) is 0.762. The van der Waals surface area contributed by atoms with Crippen molar-refractivity contribution < 1.29 is 9.59 Å². The lowest BCUT2D eigenvalue weighted by molar-refractivity contribution is -0.122. The third-order valence-corrected chi connectivity index (χ3v) is 6.66. The van der Waals surface area contributed by atoms with Gasteiger partial charge in [0.1, 0.15) is 0 Å². The van der Waals surface area contributed by atoms with Gasteiger partial charge in [-0.2, -0.15) is 11.3 Å². The van der Waals surface area contributed by atoms with Crippen LogP contribution in [0, 0.1) is 0 Å². The molecule has 9 heteroatoms. The molecule has 2 N–H and O–H groups in total. The molecule has 4 rings (SSSR count). The Kier molecular flexibility index (Phi) is 6.25. The highest BCUT2D eigenvalue weighted by atomic mass is 35.5. The molecule has 1 aliphatic heterocycles. The van der Waals surface area contributed by atoms with E-state index in [4.69, 9.17) is 11.6 Å². The molecule has 0 radical (unpaired) electrons. The highest BCUT2D eigenvalue weighted by Gasteiger charge is 2.23. The maximum absolute atomic E-state index is 12.3. The zero-order valence-corrected chi connectivity index (χ0v) is 17.9. The third-order valence-electron chi connectivity index (χ3n) is 4.62. The average Bonchev–Trinajstić information content (AvgIpc) is 3.36. The predicted molar refractivity (Wildman–Crippen MR) is 117 cm³/mol. The fourth-order valence-electron chi connectivity index (χ4n) is 3.09. The lowest BCUT2D eigenvalue weighted by Gasteiger charge is -2.25. The van der Waals surface area contributed by atoms with Crippen molar-refractivity contribution in [2.75, 3.05) is 18.4 Å². The summed E-state index contributed by atoms with van der Waals surface area (Å²) in [6.45, 7) is 2.14. The van der Waals surface area contributed by atoms with Gasteiger partial charge in [-0.3, -0.25) is 19.8 Å². The van der Waals surface area contributed by atoms with Crippen molar-refractivity contribution >= 4 is 51.2 Å². The first-order valence-corrected chi connectivity index (χ1v) is 11.3. The van der Waals surface area contributed by atoms with Crippen LogP contribution in [-0.2, 0) is 24.3 Å². The van der Waals surface area contributed by atoms with Gasteiger partial charge in [0.15, 0.2) is 5.13 Å². The number of thiazole rings is 1. The first kappa shape index (κ1) is 20.0. The van der Waals surface area contributed by atoms with Gasteiger partial charge < -0.3 is 5.32 Å². The number of rotatable bonds is 6. The summed E-state index contributed by atoms with van der Waals surface area (Å²) >= 11 is 9.09. The summed E-state index contributed by atoms with van der Waals surface area (Å²) in [5, 5.41) is 10.7. The number of carbonyl (C=O) groups is 2. The molecule has 0 unspecified atom stereocenters. The Balaban J connectivity index is 1.30. The molecule has 0 atom stereocenters. The largest absolute Gasteiger partial charge is 0.351 e. The molecular formula is C20H19ClN4O2S2. The van der Waals surface area contributed by atoms with Crippen LogP contribution < -0.4 is 10.6 Å². The number of fused-ring (bicyclic) bond motifs is 1. The van der Waals surface area contributed by atoms with E-state index in [0.717, 1.165) is 29.1 Å². The van der Waals surface area contributed by atoms with E-state index in [0.29, 0.717) is 35.4 Å². The number of halogens is 1. The summed E-state index contributed by atoms with van der Waals surface area (Å²) in [5.74, 6) is -0.183. The van der Waals surface area contributed by atoms with Crippen LogP contribution in [-0.4, -0.2) is 34.8 Å². The smallest absolute Gasteiger partial charge is 0.258 e. The Morgan fingerprint density at radius 2 is 2.10 bits per heavy atom. The van der Waals surface area contributed by atoms with E-state index in [-0.39, 0.29) is 11.8 Å². The first-order chi connectivity index (χ1) is 14.1. The minimum Gasteiger partial charge on any atom is -0.351 e. The fourth-order valence-corrected chi connectivity index (χ4v) is 4.98.